The molecule has 3 aromatic heterocycles. The number of anilines is 1. The molecule has 0 aromatic carbocycles. The van der Waals surface area contributed by atoms with Gasteiger partial charge in [0.15, 0.2) is 5.82 Å². The van der Waals surface area contributed by atoms with Crippen LogP contribution in [0.15, 0.2) is 49.1 Å². The Kier molecular flexibility index (Phi) is 6.97. The molecule has 4 rings (SSSR count). The summed E-state index contributed by atoms with van der Waals surface area (Å²) in [6, 6.07) is 4.05. The molecule has 9 nitrogen and oxygen atoms in total. The minimum absolute atomic E-state index is 0.0426. The average molecular weight is 482 g/mol. The fraction of sp³-hybridized carbons (Fsp3) is 0.292. The summed E-state index contributed by atoms with van der Waals surface area (Å²) in [5.41, 5.74) is 1.93. The lowest BCUT2D eigenvalue weighted by Gasteiger charge is -2.30. The smallest absolute Gasteiger partial charge is 0.286 e. The van der Waals surface area contributed by atoms with E-state index in [1.165, 1.54) is 18.5 Å². The molecule has 11 heteroatoms. The van der Waals surface area contributed by atoms with Crippen LogP contribution in [0, 0.1) is 12.3 Å². The first kappa shape index (κ1) is 24.1. The number of halogens is 2. The van der Waals surface area contributed by atoms with E-state index < -0.39 is 17.5 Å². The number of pyridine rings is 2. The second kappa shape index (κ2) is 10.1. The molecule has 0 saturated carbocycles. The van der Waals surface area contributed by atoms with Gasteiger partial charge in [-0.1, -0.05) is 0 Å². The molecular formula is C24H25F2N7O2. The zero-order chi connectivity index (χ0) is 25.0. The SMILES string of the molecule is Cc1ncc(NC(=O)c2ccnc(C(C)(F)F)c2)cc1C(=N)/C=C(\c1ncc[nH]1)N1CCOCC1. The van der Waals surface area contributed by atoms with Crippen molar-refractivity contribution in [1.29, 1.82) is 5.41 Å². The Morgan fingerprint density at radius 3 is 2.69 bits per heavy atom. The van der Waals surface area contributed by atoms with Gasteiger partial charge < -0.3 is 25.3 Å². The predicted molar refractivity (Wildman–Crippen MR) is 127 cm³/mol. The van der Waals surface area contributed by atoms with Gasteiger partial charge in [-0.2, -0.15) is 8.78 Å². The van der Waals surface area contributed by atoms with Gasteiger partial charge in [0.2, 0.25) is 0 Å². The van der Waals surface area contributed by atoms with Crippen molar-refractivity contribution in [3.05, 3.63) is 77.4 Å². The van der Waals surface area contributed by atoms with Crippen LogP contribution in [0.5, 0.6) is 0 Å². The Balaban J connectivity index is 1.59. The molecule has 1 amide bonds. The number of aromatic amines is 1. The van der Waals surface area contributed by atoms with Crippen LogP contribution < -0.4 is 5.32 Å². The van der Waals surface area contributed by atoms with E-state index in [0.29, 0.717) is 49.1 Å². The molecule has 182 valence electrons. The molecule has 0 atom stereocenters. The number of imidazole rings is 1. The number of amides is 1. The maximum atomic E-state index is 13.6. The van der Waals surface area contributed by atoms with Crippen molar-refractivity contribution in [1.82, 2.24) is 24.8 Å². The number of alkyl halides is 2. The topological polar surface area (TPSA) is 120 Å². The Hall–Kier alpha value is -3.99. The van der Waals surface area contributed by atoms with E-state index in [9.17, 15) is 13.6 Å². The number of aryl methyl sites for hydroxylation is 1. The number of carbonyl (C=O) groups excluding carboxylic acids is 1. The molecular weight excluding hydrogens is 456 g/mol. The first-order valence-corrected chi connectivity index (χ1v) is 11.0. The summed E-state index contributed by atoms with van der Waals surface area (Å²) in [5.74, 6) is -3.11. The predicted octanol–water partition coefficient (Wildman–Crippen LogP) is 3.61. The van der Waals surface area contributed by atoms with Gasteiger partial charge in [-0.05, 0) is 31.2 Å². The highest BCUT2D eigenvalue weighted by Crippen LogP contribution is 2.26. The molecule has 1 saturated heterocycles. The van der Waals surface area contributed by atoms with Crippen molar-refractivity contribution < 1.29 is 18.3 Å². The van der Waals surface area contributed by atoms with Gasteiger partial charge in [-0.15, -0.1) is 0 Å². The molecule has 0 spiro atoms. The number of carbonyl (C=O) groups is 1. The molecule has 3 aromatic rings. The lowest BCUT2D eigenvalue weighted by atomic mass is 10.1. The van der Waals surface area contributed by atoms with Gasteiger partial charge in [0.25, 0.3) is 11.8 Å². The minimum atomic E-state index is -3.16. The first-order chi connectivity index (χ1) is 16.7. The maximum Gasteiger partial charge on any atom is 0.286 e. The zero-order valence-corrected chi connectivity index (χ0v) is 19.3. The molecule has 4 heterocycles. The Bertz CT molecular complexity index is 1250. The summed E-state index contributed by atoms with van der Waals surface area (Å²) in [6.45, 7) is 4.97. The van der Waals surface area contributed by atoms with Gasteiger partial charge in [-0.25, -0.2) is 4.98 Å². The van der Waals surface area contributed by atoms with E-state index in [0.717, 1.165) is 18.7 Å². The van der Waals surface area contributed by atoms with Gasteiger partial charge in [0.1, 0.15) is 5.69 Å². The fourth-order valence-electron chi connectivity index (χ4n) is 3.62. The molecule has 0 bridgehead atoms. The van der Waals surface area contributed by atoms with Crippen molar-refractivity contribution in [2.24, 2.45) is 0 Å². The number of rotatable bonds is 7. The Morgan fingerprint density at radius 2 is 2.00 bits per heavy atom. The summed E-state index contributed by atoms with van der Waals surface area (Å²) in [4.78, 5) is 30.2. The number of H-pyrrole nitrogens is 1. The lowest BCUT2D eigenvalue weighted by molar-refractivity contribution is 0.0127. The first-order valence-electron chi connectivity index (χ1n) is 11.0. The lowest BCUT2D eigenvalue weighted by Crippen LogP contribution is -2.35. The van der Waals surface area contributed by atoms with Gasteiger partial charge >= 0.3 is 0 Å². The highest BCUT2D eigenvalue weighted by molar-refractivity contribution is 6.11. The number of allylic oxidation sites excluding steroid dienone is 1. The van der Waals surface area contributed by atoms with Crippen LogP contribution >= 0.6 is 0 Å². The van der Waals surface area contributed by atoms with E-state index in [2.05, 4.69) is 30.2 Å². The van der Waals surface area contributed by atoms with Gasteiger partial charge in [0.05, 0.1) is 36.5 Å². The van der Waals surface area contributed by atoms with E-state index in [-0.39, 0.29) is 11.3 Å². The summed E-state index contributed by atoms with van der Waals surface area (Å²) < 4.78 is 32.6. The summed E-state index contributed by atoms with van der Waals surface area (Å²) in [7, 11) is 0. The maximum absolute atomic E-state index is 13.6. The van der Waals surface area contributed by atoms with Crippen LogP contribution in [-0.2, 0) is 10.7 Å². The normalized spacial score (nSPS) is 14.6. The largest absolute Gasteiger partial charge is 0.378 e. The van der Waals surface area contributed by atoms with E-state index in [1.807, 2.05) is 0 Å². The van der Waals surface area contributed by atoms with Crippen molar-refractivity contribution in [2.45, 2.75) is 19.8 Å². The Morgan fingerprint density at radius 1 is 1.23 bits per heavy atom. The van der Waals surface area contributed by atoms with E-state index in [4.69, 9.17) is 10.1 Å². The fourth-order valence-corrected chi connectivity index (χ4v) is 3.62. The zero-order valence-electron chi connectivity index (χ0n) is 19.3. The van der Waals surface area contributed by atoms with E-state index >= 15 is 0 Å². The van der Waals surface area contributed by atoms with Crippen LogP contribution in [-0.4, -0.2) is 62.8 Å². The minimum Gasteiger partial charge on any atom is -0.378 e. The monoisotopic (exact) mass is 481 g/mol. The van der Waals surface area contributed by atoms with Crippen molar-refractivity contribution in [2.75, 3.05) is 31.6 Å². The Labute approximate surface area is 200 Å². The highest BCUT2D eigenvalue weighted by atomic mass is 19.3. The molecule has 1 fully saturated rings. The number of nitrogens with one attached hydrogen (secondary N) is 3. The summed E-state index contributed by atoms with van der Waals surface area (Å²) >= 11 is 0. The number of morpholine rings is 1. The number of hydrogen-bond acceptors (Lipinski definition) is 7. The summed E-state index contributed by atoms with van der Waals surface area (Å²) in [5, 5.41) is 11.4. The van der Waals surface area contributed by atoms with Crippen molar-refractivity contribution in [3.8, 4) is 0 Å². The van der Waals surface area contributed by atoms with Crippen molar-refractivity contribution >= 4 is 23.0 Å². The van der Waals surface area contributed by atoms with Crippen LogP contribution in [0.3, 0.4) is 0 Å². The standard InChI is InChI=1S/C24H25F2N7O2/c1-15-18(19(27)13-20(22-29-5-6-30-22)33-7-9-35-10-8-33)12-17(14-31-15)32-23(34)16-3-4-28-21(11-16)24(2,25)26/h3-6,11-14,27H,7-10H2,1-2H3,(H,29,30)(H,32,34)/b20-13+,27-19?. The molecule has 1 aliphatic rings. The quantitative estimate of drug-likeness (QED) is 0.444. The highest BCUT2D eigenvalue weighted by Gasteiger charge is 2.27. The number of nitrogens with zero attached hydrogens (tertiary/aromatic N) is 4. The molecule has 35 heavy (non-hydrogen) atoms. The van der Waals surface area contributed by atoms with Crippen LogP contribution in [0.1, 0.15) is 40.1 Å². The molecule has 0 unspecified atom stereocenters. The third-order valence-corrected chi connectivity index (χ3v) is 5.48. The number of hydrogen-bond donors (Lipinski definition) is 3. The van der Waals surface area contributed by atoms with Crippen molar-refractivity contribution in [3.63, 3.8) is 0 Å². The van der Waals surface area contributed by atoms with Gasteiger partial charge in [-0.3, -0.25) is 14.8 Å². The second-order valence-corrected chi connectivity index (χ2v) is 8.11. The van der Waals surface area contributed by atoms with Crippen LogP contribution in [0.25, 0.3) is 5.70 Å². The third-order valence-electron chi connectivity index (χ3n) is 5.48. The van der Waals surface area contributed by atoms with Gasteiger partial charge in [0, 0.05) is 55.4 Å². The van der Waals surface area contributed by atoms with Crippen LogP contribution in [0.4, 0.5) is 14.5 Å². The molecule has 1 aliphatic heterocycles. The van der Waals surface area contributed by atoms with Crippen LogP contribution in [0.2, 0.25) is 0 Å². The van der Waals surface area contributed by atoms with E-state index in [1.54, 1.807) is 31.5 Å². The third kappa shape index (κ3) is 5.75. The second-order valence-electron chi connectivity index (χ2n) is 8.11. The molecule has 0 radical (unpaired) electrons. The average Bonchev–Trinajstić information content (AvgIpc) is 3.38. The molecule has 3 N–H and O–H groups in total. The summed E-state index contributed by atoms with van der Waals surface area (Å²) in [6.07, 6.45) is 7.70. The number of aromatic nitrogens is 4. The molecule has 0 aliphatic carbocycles. The number of ether oxygens (including phenoxy) is 1.